The van der Waals surface area contributed by atoms with E-state index in [4.69, 9.17) is 16.3 Å². The van der Waals surface area contributed by atoms with Gasteiger partial charge in [0.1, 0.15) is 5.75 Å². The number of ether oxygens (including phenoxy) is 2. The molecule has 0 bridgehead atoms. The van der Waals surface area contributed by atoms with E-state index in [1.807, 2.05) is 42.5 Å². The topological polar surface area (TPSA) is 35.5 Å². The Balaban J connectivity index is 2.16. The van der Waals surface area contributed by atoms with Crippen molar-refractivity contribution in [3.8, 4) is 16.9 Å². The van der Waals surface area contributed by atoms with Gasteiger partial charge in [-0.2, -0.15) is 0 Å². The molecule has 0 spiro atoms. The van der Waals surface area contributed by atoms with Gasteiger partial charge in [-0.15, -0.1) is 0 Å². The molecule has 0 unspecified atom stereocenters. The summed E-state index contributed by atoms with van der Waals surface area (Å²) in [6.45, 7) is -0.152. The molecule has 2 aromatic carbocycles. The molecule has 0 amide bonds. The van der Waals surface area contributed by atoms with Crippen molar-refractivity contribution in [1.29, 1.82) is 0 Å². The fraction of sp³-hybridized carbons (Fsp3) is 0.133. The largest absolute Gasteiger partial charge is 0.480 e. The Kier molecular flexibility index (Phi) is 4.42. The summed E-state index contributed by atoms with van der Waals surface area (Å²) < 4.78 is 9.77. The zero-order chi connectivity index (χ0) is 13.7. The Hall–Kier alpha value is -2.00. The molecule has 3 nitrogen and oxygen atoms in total. The van der Waals surface area contributed by atoms with Crippen LogP contribution < -0.4 is 4.74 Å². The summed E-state index contributed by atoms with van der Waals surface area (Å²) in [5.41, 5.74) is 2.07. The highest BCUT2D eigenvalue weighted by Gasteiger charge is 2.07. The Morgan fingerprint density at radius 3 is 2.47 bits per heavy atom. The average molecular weight is 277 g/mol. The number of carbonyl (C=O) groups is 1. The molecule has 0 aliphatic rings. The molecule has 0 fully saturated rings. The van der Waals surface area contributed by atoms with Crippen molar-refractivity contribution in [1.82, 2.24) is 0 Å². The minimum Gasteiger partial charge on any atom is -0.480 e. The van der Waals surface area contributed by atoms with Crippen molar-refractivity contribution in [2.75, 3.05) is 13.7 Å². The molecule has 0 aliphatic carbocycles. The molecule has 19 heavy (non-hydrogen) atoms. The lowest BCUT2D eigenvalue weighted by Crippen LogP contribution is -2.12. The fourth-order valence-corrected chi connectivity index (χ4v) is 1.86. The normalized spacial score (nSPS) is 10.0. The van der Waals surface area contributed by atoms with E-state index in [9.17, 15) is 4.79 Å². The van der Waals surface area contributed by atoms with Crippen LogP contribution >= 0.6 is 11.6 Å². The summed E-state index contributed by atoms with van der Waals surface area (Å²) in [5.74, 6) is 0.0231. The second-order valence-corrected chi connectivity index (χ2v) is 4.28. The molecule has 98 valence electrons. The molecular formula is C15H13ClO3. The number of rotatable bonds is 4. The first-order valence-electron chi connectivity index (χ1n) is 5.75. The maximum Gasteiger partial charge on any atom is 0.343 e. The number of carbonyl (C=O) groups excluding carboxylic acids is 1. The minimum atomic E-state index is -0.441. The van der Waals surface area contributed by atoms with Crippen molar-refractivity contribution in [2.24, 2.45) is 0 Å². The summed E-state index contributed by atoms with van der Waals surface area (Å²) >= 11 is 6.13. The van der Waals surface area contributed by atoms with Gasteiger partial charge in [-0.25, -0.2) is 4.79 Å². The van der Waals surface area contributed by atoms with E-state index in [1.54, 1.807) is 6.07 Å². The summed E-state index contributed by atoms with van der Waals surface area (Å²) in [6, 6.07) is 15.3. The van der Waals surface area contributed by atoms with E-state index in [2.05, 4.69) is 4.74 Å². The fourth-order valence-electron chi connectivity index (χ4n) is 1.62. The molecule has 0 saturated carbocycles. The van der Waals surface area contributed by atoms with Crippen LogP contribution in [0, 0.1) is 0 Å². The Labute approximate surface area is 116 Å². The zero-order valence-corrected chi connectivity index (χ0v) is 11.2. The average Bonchev–Trinajstić information content (AvgIpc) is 2.46. The lowest BCUT2D eigenvalue weighted by Gasteiger charge is -2.08. The first kappa shape index (κ1) is 13.4. The Morgan fingerprint density at radius 2 is 1.84 bits per heavy atom. The zero-order valence-electron chi connectivity index (χ0n) is 10.4. The second kappa shape index (κ2) is 6.25. The summed E-state index contributed by atoms with van der Waals surface area (Å²) in [4.78, 5) is 11.0. The van der Waals surface area contributed by atoms with Crippen LogP contribution in [-0.4, -0.2) is 19.7 Å². The number of esters is 1. The van der Waals surface area contributed by atoms with E-state index < -0.39 is 5.97 Å². The van der Waals surface area contributed by atoms with Gasteiger partial charge in [0.25, 0.3) is 0 Å². The van der Waals surface area contributed by atoms with Gasteiger partial charge in [-0.1, -0.05) is 48.0 Å². The van der Waals surface area contributed by atoms with Gasteiger partial charge in [-0.3, -0.25) is 0 Å². The van der Waals surface area contributed by atoms with Gasteiger partial charge in [0.05, 0.1) is 12.1 Å². The van der Waals surface area contributed by atoms with E-state index >= 15 is 0 Å². The number of hydrogen-bond acceptors (Lipinski definition) is 3. The monoisotopic (exact) mass is 276 g/mol. The van der Waals surface area contributed by atoms with Crippen molar-refractivity contribution in [3.05, 3.63) is 53.6 Å². The molecule has 0 aromatic heterocycles. The Morgan fingerprint density at radius 1 is 1.11 bits per heavy atom. The lowest BCUT2D eigenvalue weighted by molar-refractivity contribution is -0.142. The van der Waals surface area contributed by atoms with Crippen molar-refractivity contribution < 1.29 is 14.3 Å². The standard InChI is InChI=1S/C15H13ClO3/c1-18-15(17)10-19-14-8-7-12(9-13(14)16)11-5-3-2-4-6-11/h2-9H,10H2,1H3. The molecule has 0 N–H and O–H groups in total. The van der Waals surface area contributed by atoms with Crippen molar-refractivity contribution >= 4 is 17.6 Å². The van der Waals surface area contributed by atoms with Crippen LogP contribution in [0.5, 0.6) is 5.75 Å². The number of benzene rings is 2. The van der Waals surface area contributed by atoms with Crippen LogP contribution in [0.25, 0.3) is 11.1 Å². The third-order valence-corrected chi connectivity index (χ3v) is 2.91. The van der Waals surface area contributed by atoms with Crippen LogP contribution in [0.15, 0.2) is 48.5 Å². The molecule has 2 rings (SSSR count). The molecule has 0 aliphatic heterocycles. The minimum absolute atomic E-state index is 0.152. The van der Waals surface area contributed by atoms with Gasteiger partial charge in [0.15, 0.2) is 6.61 Å². The van der Waals surface area contributed by atoms with E-state index in [1.165, 1.54) is 7.11 Å². The van der Waals surface area contributed by atoms with Crippen LogP contribution in [-0.2, 0) is 9.53 Å². The summed E-state index contributed by atoms with van der Waals surface area (Å²) in [5, 5.41) is 0.463. The molecule has 0 saturated heterocycles. The van der Waals surface area contributed by atoms with Gasteiger partial charge in [-0.05, 0) is 23.3 Å². The molecule has 2 aromatic rings. The Bertz CT molecular complexity index is 567. The maximum atomic E-state index is 11.0. The highest BCUT2D eigenvalue weighted by atomic mass is 35.5. The number of hydrogen-bond donors (Lipinski definition) is 0. The van der Waals surface area contributed by atoms with Gasteiger partial charge < -0.3 is 9.47 Å². The molecule has 0 radical (unpaired) electrons. The van der Waals surface area contributed by atoms with Crippen molar-refractivity contribution in [2.45, 2.75) is 0 Å². The van der Waals surface area contributed by atoms with Gasteiger partial charge >= 0.3 is 5.97 Å². The maximum absolute atomic E-state index is 11.0. The quantitative estimate of drug-likeness (QED) is 0.801. The van der Waals surface area contributed by atoms with E-state index in [0.717, 1.165) is 11.1 Å². The predicted molar refractivity (Wildman–Crippen MR) is 74.4 cm³/mol. The third kappa shape index (κ3) is 3.48. The third-order valence-electron chi connectivity index (χ3n) is 2.61. The molecule has 0 heterocycles. The van der Waals surface area contributed by atoms with Crippen LogP contribution in [0.3, 0.4) is 0 Å². The van der Waals surface area contributed by atoms with Crippen molar-refractivity contribution in [3.63, 3.8) is 0 Å². The number of halogens is 1. The number of methoxy groups -OCH3 is 1. The smallest absolute Gasteiger partial charge is 0.343 e. The van der Waals surface area contributed by atoms with Crippen LogP contribution in [0.2, 0.25) is 5.02 Å². The first-order valence-corrected chi connectivity index (χ1v) is 6.13. The van der Waals surface area contributed by atoms with E-state index in [0.29, 0.717) is 10.8 Å². The van der Waals surface area contributed by atoms with Gasteiger partial charge in [0, 0.05) is 0 Å². The lowest BCUT2D eigenvalue weighted by atomic mass is 10.1. The molecule has 0 atom stereocenters. The highest BCUT2D eigenvalue weighted by molar-refractivity contribution is 6.32. The highest BCUT2D eigenvalue weighted by Crippen LogP contribution is 2.30. The SMILES string of the molecule is COC(=O)COc1ccc(-c2ccccc2)cc1Cl. The summed E-state index contributed by atoms with van der Waals surface area (Å²) in [6.07, 6.45) is 0. The molecular weight excluding hydrogens is 264 g/mol. The van der Waals surface area contributed by atoms with Gasteiger partial charge in [0.2, 0.25) is 0 Å². The second-order valence-electron chi connectivity index (χ2n) is 3.88. The summed E-state index contributed by atoms with van der Waals surface area (Å²) in [7, 11) is 1.31. The van der Waals surface area contributed by atoms with E-state index in [-0.39, 0.29) is 6.61 Å². The van der Waals surface area contributed by atoms with Crippen LogP contribution in [0.1, 0.15) is 0 Å². The molecule has 4 heteroatoms. The first-order chi connectivity index (χ1) is 9.20. The van der Waals surface area contributed by atoms with Crippen LogP contribution in [0.4, 0.5) is 0 Å². The predicted octanol–water partition coefficient (Wildman–Crippen LogP) is 3.56.